The topological polar surface area (TPSA) is 52.7 Å². The van der Waals surface area contributed by atoms with Crippen molar-refractivity contribution in [2.75, 3.05) is 24.3 Å². The van der Waals surface area contributed by atoms with E-state index in [2.05, 4.69) is 5.32 Å². The van der Waals surface area contributed by atoms with Crippen LogP contribution < -0.4 is 10.2 Å². The smallest absolute Gasteiger partial charge is 0.226 e. The summed E-state index contributed by atoms with van der Waals surface area (Å²) in [7, 11) is 3.89. The highest BCUT2D eigenvalue weighted by Crippen LogP contribution is 2.33. The predicted molar refractivity (Wildman–Crippen MR) is 113 cm³/mol. The van der Waals surface area contributed by atoms with E-state index in [-0.39, 0.29) is 23.5 Å². The average Bonchev–Trinajstić information content (AvgIpc) is 3.52. The van der Waals surface area contributed by atoms with E-state index < -0.39 is 0 Å². The van der Waals surface area contributed by atoms with Gasteiger partial charge in [-0.3, -0.25) is 9.59 Å². The van der Waals surface area contributed by atoms with Gasteiger partial charge in [-0.2, -0.15) is 0 Å². The van der Waals surface area contributed by atoms with Crippen LogP contribution in [0.15, 0.2) is 42.5 Å². The second-order valence-electron chi connectivity index (χ2n) is 7.74. The molecule has 2 amide bonds. The van der Waals surface area contributed by atoms with Crippen molar-refractivity contribution in [1.29, 1.82) is 0 Å². The Balaban J connectivity index is 1.89. The zero-order valence-corrected chi connectivity index (χ0v) is 17.2. The van der Waals surface area contributed by atoms with E-state index in [0.29, 0.717) is 25.2 Å². The molecule has 0 radical (unpaired) electrons. The van der Waals surface area contributed by atoms with E-state index in [1.807, 2.05) is 43.3 Å². The van der Waals surface area contributed by atoms with Gasteiger partial charge in [0.1, 0.15) is 5.82 Å². The summed E-state index contributed by atoms with van der Waals surface area (Å²) < 4.78 is 13.6. The zero-order chi connectivity index (χ0) is 21.0. The maximum absolute atomic E-state index is 13.6. The number of halogens is 1. The molecule has 0 spiro atoms. The number of anilines is 2. The van der Waals surface area contributed by atoms with Gasteiger partial charge < -0.3 is 15.1 Å². The van der Waals surface area contributed by atoms with Crippen molar-refractivity contribution in [3.05, 3.63) is 59.4 Å². The van der Waals surface area contributed by atoms with Crippen LogP contribution in [0.5, 0.6) is 0 Å². The normalized spacial score (nSPS) is 13.1. The van der Waals surface area contributed by atoms with Gasteiger partial charge in [-0.25, -0.2) is 4.39 Å². The largest absolute Gasteiger partial charge is 0.377 e. The van der Waals surface area contributed by atoms with E-state index in [1.54, 1.807) is 17.9 Å². The summed E-state index contributed by atoms with van der Waals surface area (Å²) in [6.45, 7) is 2.56. The number of amides is 2. The van der Waals surface area contributed by atoms with Crippen LogP contribution >= 0.6 is 0 Å². The van der Waals surface area contributed by atoms with E-state index in [9.17, 15) is 14.0 Å². The van der Waals surface area contributed by atoms with Crippen molar-refractivity contribution in [2.24, 2.45) is 5.92 Å². The maximum atomic E-state index is 13.6. The van der Waals surface area contributed by atoms with Crippen LogP contribution in [0, 0.1) is 11.7 Å². The van der Waals surface area contributed by atoms with Crippen molar-refractivity contribution in [1.82, 2.24) is 4.90 Å². The van der Waals surface area contributed by atoms with E-state index in [0.717, 1.165) is 29.7 Å². The first-order valence-corrected chi connectivity index (χ1v) is 10.0. The molecule has 3 rings (SSSR count). The first-order valence-electron chi connectivity index (χ1n) is 10.0. The fourth-order valence-corrected chi connectivity index (χ4v) is 3.34. The molecule has 0 heterocycles. The number of carbonyl (C=O) groups excluding carboxylic acids is 2. The van der Waals surface area contributed by atoms with Gasteiger partial charge in [-0.15, -0.1) is 0 Å². The van der Waals surface area contributed by atoms with E-state index in [4.69, 9.17) is 0 Å². The van der Waals surface area contributed by atoms with Gasteiger partial charge in [-0.05, 0) is 54.3 Å². The van der Waals surface area contributed by atoms with Crippen molar-refractivity contribution in [2.45, 2.75) is 39.3 Å². The third kappa shape index (κ3) is 5.56. The van der Waals surface area contributed by atoms with Crippen molar-refractivity contribution < 1.29 is 14.0 Å². The molecular weight excluding hydrogens is 369 g/mol. The minimum atomic E-state index is -0.306. The number of hydrogen-bond acceptors (Lipinski definition) is 3. The third-order valence-corrected chi connectivity index (χ3v) is 5.03. The maximum Gasteiger partial charge on any atom is 0.226 e. The van der Waals surface area contributed by atoms with Crippen molar-refractivity contribution in [3.8, 4) is 0 Å². The Morgan fingerprint density at radius 1 is 1.10 bits per heavy atom. The highest BCUT2D eigenvalue weighted by molar-refractivity contribution is 5.91. The van der Waals surface area contributed by atoms with Crippen molar-refractivity contribution >= 4 is 23.2 Å². The molecule has 1 aliphatic rings. The Morgan fingerprint density at radius 3 is 2.48 bits per heavy atom. The highest BCUT2D eigenvalue weighted by atomic mass is 19.1. The summed E-state index contributed by atoms with van der Waals surface area (Å²) in [5.74, 6) is -0.199. The Bertz CT molecular complexity index is 893. The van der Waals surface area contributed by atoms with Gasteiger partial charge in [0.15, 0.2) is 0 Å². The molecule has 0 unspecified atom stereocenters. The van der Waals surface area contributed by atoms with Gasteiger partial charge in [-0.1, -0.05) is 19.1 Å². The molecule has 1 aliphatic carbocycles. The van der Waals surface area contributed by atoms with Crippen LogP contribution in [0.1, 0.15) is 37.3 Å². The molecule has 2 aromatic rings. The van der Waals surface area contributed by atoms with Gasteiger partial charge in [0.2, 0.25) is 11.8 Å². The van der Waals surface area contributed by atoms with Gasteiger partial charge in [0, 0.05) is 50.9 Å². The van der Waals surface area contributed by atoms with E-state index in [1.165, 1.54) is 12.1 Å². The lowest BCUT2D eigenvalue weighted by atomic mass is 10.1. The lowest BCUT2D eigenvalue weighted by Crippen LogP contribution is -2.32. The lowest BCUT2D eigenvalue weighted by Gasteiger charge is -2.26. The fraction of sp³-hybridized carbons (Fsp3) is 0.391. The lowest BCUT2D eigenvalue weighted by molar-refractivity contribution is -0.133. The number of benzene rings is 2. The standard InChI is InChI=1S/C23H28FN3O2/c1-4-22(28)25-20-10-11-21(26(2)3)18(13-20)15-27(23(29)17-8-9-17)14-16-6-5-7-19(24)12-16/h5-7,10-13,17H,4,8-9,14-15H2,1-3H3,(H,25,28). The number of nitrogens with zero attached hydrogens (tertiary/aromatic N) is 2. The zero-order valence-electron chi connectivity index (χ0n) is 17.2. The monoisotopic (exact) mass is 397 g/mol. The second-order valence-corrected chi connectivity index (χ2v) is 7.74. The first kappa shape index (κ1) is 20.8. The van der Waals surface area contributed by atoms with Crippen LogP contribution in [0.25, 0.3) is 0 Å². The Hall–Kier alpha value is -2.89. The molecule has 1 saturated carbocycles. The average molecular weight is 397 g/mol. The van der Waals surface area contributed by atoms with Crippen LogP contribution in [0.3, 0.4) is 0 Å². The van der Waals surface area contributed by atoms with E-state index >= 15 is 0 Å². The molecule has 5 nitrogen and oxygen atoms in total. The summed E-state index contributed by atoms with van der Waals surface area (Å²) in [5.41, 5.74) is 3.39. The molecule has 0 aromatic heterocycles. The minimum absolute atomic E-state index is 0.0563. The van der Waals surface area contributed by atoms with Gasteiger partial charge in [0.05, 0.1) is 0 Å². The quantitative estimate of drug-likeness (QED) is 0.727. The molecule has 1 fully saturated rings. The first-order chi connectivity index (χ1) is 13.9. The summed E-state index contributed by atoms with van der Waals surface area (Å²) in [5, 5.41) is 2.88. The molecule has 154 valence electrons. The fourth-order valence-electron chi connectivity index (χ4n) is 3.34. The van der Waals surface area contributed by atoms with Crippen molar-refractivity contribution in [3.63, 3.8) is 0 Å². The number of rotatable bonds is 8. The number of carbonyl (C=O) groups is 2. The Morgan fingerprint density at radius 2 is 1.86 bits per heavy atom. The molecule has 1 N–H and O–H groups in total. The summed E-state index contributed by atoms with van der Waals surface area (Å²) in [4.78, 5) is 28.5. The Kier molecular flexibility index (Phi) is 6.52. The van der Waals surface area contributed by atoms with Crippen LogP contribution in [0.4, 0.5) is 15.8 Å². The second kappa shape index (κ2) is 9.07. The minimum Gasteiger partial charge on any atom is -0.377 e. The summed E-state index contributed by atoms with van der Waals surface area (Å²) in [6, 6.07) is 12.1. The molecule has 29 heavy (non-hydrogen) atoms. The number of hydrogen-bond donors (Lipinski definition) is 1. The highest BCUT2D eigenvalue weighted by Gasteiger charge is 2.33. The number of nitrogens with one attached hydrogen (secondary N) is 1. The van der Waals surface area contributed by atoms with Crippen LogP contribution in [-0.4, -0.2) is 30.8 Å². The molecule has 6 heteroatoms. The molecule has 0 bridgehead atoms. The SMILES string of the molecule is CCC(=O)Nc1ccc(N(C)C)c(CN(Cc2cccc(F)c2)C(=O)C2CC2)c1. The molecule has 0 aliphatic heterocycles. The Labute approximate surface area is 171 Å². The van der Waals surface area contributed by atoms with Crippen LogP contribution in [0.2, 0.25) is 0 Å². The van der Waals surface area contributed by atoms with Crippen LogP contribution in [-0.2, 0) is 22.7 Å². The summed E-state index contributed by atoms with van der Waals surface area (Å²) >= 11 is 0. The third-order valence-electron chi connectivity index (χ3n) is 5.03. The predicted octanol–water partition coefficient (Wildman–Crippen LogP) is 4.18. The summed E-state index contributed by atoms with van der Waals surface area (Å²) in [6.07, 6.45) is 2.22. The molecule has 0 atom stereocenters. The van der Waals surface area contributed by atoms with Gasteiger partial charge >= 0.3 is 0 Å². The van der Waals surface area contributed by atoms with Gasteiger partial charge in [0.25, 0.3) is 0 Å². The molecular formula is C23H28FN3O2. The molecule has 2 aromatic carbocycles. The molecule has 0 saturated heterocycles.